The van der Waals surface area contributed by atoms with Crippen LogP contribution in [0.2, 0.25) is 0 Å². The summed E-state index contributed by atoms with van der Waals surface area (Å²) in [4.78, 5) is 0. The molecule has 0 heterocycles. The summed E-state index contributed by atoms with van der Waals surface area (Å²) in [7, 11) is -3.36. The summed E-state index contributed by atoms with van der Waals surface area (Å²) in [6.07, 6.45) is 0.421. The van der Waals surface area contributed by atoms with Crippen molar-refractivity contribution in [1.29, 1.82) is 0 Å². The molecule has 0 aromatic rings. The van der Waals surface area contributed by atoms with Crippen LogP contribution in [-0.4, -0.2) is 31.5 Å². The molecular formula is C7H17O5P. The number of phosphoric acid groups is 1. The molecule has 1 N–H and O–H groups in total. The summed E-state index contributed by atoms with van der Waals surface area (Å²) in [6, 6.07) is 0. The topological polar surface area (TPSA) is 65.0 Å². The Hall–Kier alpha value is 0.0700. The van der Waals surface area contributed by atoms with E-state index in [1.54, 1.807) is 13.8 Å². The number of hydrogen-bond donors (Lipinski definition) is 1. The van der Waals surface area contributed by atoms with E-state index in [2.05, 4.69) is 0 Å². The fraction of sp³-hybridized carbons (Fsp3) is 1.00. The minimum atomic E-state index is -3.36. The van der Waals surface area contributed by atoms with Crippen molar-refractivity contribution < 1.29 is 23.2 Å². The maximum absolute atomic E-state index is 11.5. The molecule has 13 heavy (non-hydrogen) atoms. The van der Waals surface area contributed by atoms with E-state index in [0.29, 0.717) is 6.42 Å². The van der Waals surface area contributed by atoms with Crippen molar-refractivity contribution in [1.82, 2.24) is 0 Å². The molecule has 0 unspecified atom stereocenters. The number of aliphatic hydroxyl groups excluding tert-OH is 1. The van der Waals surface area contributed by atoms with Crippen molar-refractivity contribution in [2.45, 2.75) is 20.3 Å². The zero-order valence-corrected chi connectivity index (χ0v) is 8.96. The molecule has 0 saturated heterocycles. The molecule has 0 amide bonds. The summed E-state index contributed by atoms with van der Waals surface area (Å²) in [6.45, 7) is 4.14. The molecule has 6 heteroatoms. The molecular weight excluding hydrogens is 195 g/mol. The van der Waals surface area contributed by atoms with E-state index >= 15 is 0 Å². The van der Waals surface area contributed by atoms with E-state index in [4.69, 9.17) is 18.7 Å². The summed E-state index contributed by atoms with van der Waals surface area (Å²) >= 11 is 0. The Balaban J connectivity index is 3.85. The van der Waals surface area contributed by atoms with E-state index in [1.807, 2.05) is 0 Å². The SMILES string of the molecule is CCOP(=O)(OCC)OCCCO. The van der Waals surface area contributed by atoms with Crippen LogP contribution >= 0.6 is 7.82 Å². The van der Waals surface area contributed by atoms with Crippen molar-refractivity contribution >= 4 is 7.82 Å². The molecule has 0 saturated carbocycles. The normalized spacial score (nSPS) is 11.9. The van der Waals surface area contributed by atoms with Crippen LogP contribution in [0.4, 0.5) is 0 Å². The second kappa shape index (κ2) is 7.47. The number of rotatable bonds is 8. The highest BCUT2D eigenvalue weighted by atomic mass is 31.2. The lowest BCUT2D eigenvalue weighted by atomic mass is 10.5. The van der Waals surface area contributed by atoms with E-state index in [9.17, 15) is 4.57 Å². The molecule has 80 valence electrons. The molecule has 0 aliphatic heterocycles. The van der Waals surface area contributed by atoms with Crippen LogP contribution in [0.5, 0.6) is 0 Å². The van der Waals surface area contributed by atoms with Crippen molar-refractivity contribution in [3.8, 4) is 0 Å². The van der Waals surface area contributed by atoms with Gasteiger partial charge >= 0.3 is 7.82 Å². The van der Waals surface area contributed by atoms with Gasteiger partial charge in [0.1, 0.15) is 0 Å². The monoisotopic (exact) mass is 212 g/mol. The van der Waals surface area contributed by atoms with Crippen molar-refractivity contribution in [2.75, 3.05) is 26.4 Å². The molecule has 0 atom stereocenters. The molecule has 0 aliphatic carbocycles. The summed E-state index contributed by atoms with van der Waals surface area (Å²) in [5.74, 6) is 0. The average Bonchev–Trinajstić information content (AvgIpc) is 2.05. The van der Waals surface area contributed by atoms with Gasteiger partial charge in [-0.3, -0.25) is 13.6 Å². The average molecular weight is 212 g/mol. The molecule has 0 fully saturated rings. The molecule has 0 aromatic carbocycles. The first kappa shape index (κ1) is 13.1. The lowest BCUT2D eigenvalue weighted by molar-refractivity contribution is 0.114. The maximum Gasteiger partial charge on any atom is 0.474 e. The highest BCUT2D eigenvalue weighted by molar-refractivity contribution is 7.48. The van der Waals surface area contributed by atoms with Crippen LogP contribution in [0.25, 0.3) is 0 Å². The smallest absolute Gasteiger partial charge is 0.396 e. The van der Waals surface area contributed by atoms with Gasteiger partial charge in [0.15, 0.2) is 0 Å². The van der Waals surface area contributed by atoms with Crippen LogP contribution < -0.4 is 0 Å². The van der Waals surface area contributed by atoms with E-state index in [1.165, 1.54) is 0 Å². The summed E-state index contributed by atoms with van der Waals surface area (Å²) in [5.41, 5.74) is 0. The zero-order chi connectivity index (χ0) is 10.2. The Morgan fingerprint density at radius 2 is 1.69 bits per heavy atom. The first-order valence-corrected chi connectivity index (χ1v) is 5.79. The largest absolute Gasteiger partial charge is 0.474 e. The Morgan fingerprint density at radius 1 is 1.15 bits per heavy atom. The van der Waals surface area contributed by atoms with E-state index < -0.39 is 7.82 Å². The Kier molecular flexibility index (Phi) is 7.51. The van der Waals surface area contributed by atoms with Crippen molar-refractivity contribution in [2.24, 2.45) is 0 Å². The second-order valence-electron chi connectivity index (χ2n) is 2.19. The van der Waals surface area contributed by atoms with Gasteiger partial charge in [0.05, 0.1) is 19.8 Å². The van der Waals surface area contributed by atoms with Gasteiger partial charge in [-0.1, -0.05) is 0 Å². The Labute approximate surface area is 78.6 Å². The third-order valence-electron chi connectivity index (χ3n) is 1.13. The fourth-order valence-electron chi connectivity index (χ4n) is 0.669. The first-order valence-electron chi connectivity index (χ1n) is 4.33. The third kappa shape index (κ3) is 6.18. The standard InChI is InChI=1S/C7H17O5P/c1-3-10-13(9,11-4-2)12-7-5-6-8/h8H,3-7H2,1-2H3. The van der Waals surface area contributed by atoms with Crippen LogP contribution in [-0.2, 0) is 18.1 Å². The molecule has 0 bridgehead atoms. The van der Waals surface area contributed by atoms with Gasteiger partial charge < -0.3 is 5.11 Å². The first-order chi connectivity index (χ1) is 6.18. The zero-order valence-electron chi connectivity index (χ0n) is 8.06. The minimum Gasteiger partial charge on any atom is -0.396 e. The van der Waals surface area contributed by atoms with Gasteiger partial charge in [0, 0.05) is 6.61 Å². The fourth-order valence-corrected chi connectivity index (χ4v) is 1.88. The number of phosphoric ester groups is 1. The predicted molar refractivity (Wildman–Crippen MR) is 48.5 cm³/mol. The minimum absolute atomic E-state index is 0.00174. The number of hydrogen-bond acceptors (Lipinski definition) is 5. The van der Waals surface area contributed by atoms with Crippen LogP contribution in [0, 0.1) is 0 Å². The molecule has 0 aromatic heterocycles. The van der Waals surface area contributed by atoms with Gasteiger partial charge in [0.2, 0.25) is 0 Å². The highest BCUT2D eigenvalue weighted by Crippen LogP contribution is 2.49. The maximum atomic E-state index is 11.5. The molecule has 0 spiro atoms. The van der Waals surface area contributed by atoms with Gasteiger partial charge in [-0.2, -0.15) is 0 Å². The van der Waals surface area contributed by atoms with Gasteiger partial charge in [-0.15, -0.1) is 0 Å². The van der Waals surface area contributed by atoms with Gasteiger partial charge in [-0.05, 0) is 20.3 Å². The lowest BCUT2D eigenvalue weighted by Crippen LogP contribution is -2.02. The molecule has 0 radical (unpaired) electrons. The van der Waals surface area contributed by atoms with Crippen molar-refractivity contribution in [3.05, 3.63) is 0 Å². The molecule has 5 nitrogen and oxygen atoms in total. The molecule has 0 rings (SSSR count). The second-order valence-corrected chi connectivity index (χ2v) is 3.86. The van der Waals surface area contributed by atoms with E-state index in [0.717, 1.165) is 0 Å². The van der Waals surface area contributed by atoms with Gasteiger partial charge in [0.25, 0.3) is 0 Å². The lowest BCUT2D eigenvalue weighted by Gasteiger charge is -2.15. The van der Waals surface area contributed by atoms with E-state index in [-0.39, 0.29) is 26.4 Å². The third-order valence-corrected chi connectivity index (χ3v) is 2.77. The van der Waals surface area contributed by atoms with Crippen LogP contribution in [0.3, 0.4) is 0 Å². The quantitative estimate of drug-likeness (QED) is 0.488. The van der Waals surface area contributed by atoms with Crippen molar-refractivity contribution in [3.63, 3.8) is 0 Å². The predicted octanol–water partition coefficient (Wildman–Crippen LogP) is 1.57. The highest BCUT2D eigenvalue weighted by Gasteiger charge is 2.24. The summed E-state index contributed by atoms with van der Waals surface area (Å²) < 4.78 is 26.1. The Morgan fingerprint density at radius 3 is 2.08 bits per heavy atom. The van der Waals surface area contributed by atoms with Crippen LogP contribution in [0.15, 0.2) is 0 Å². The number of aliphatic hydroxyl groups is 1. The Bertz CT molecular complexity index is 151. The van der Waals surface area contributed by atoms with Gasteiger partial charge in [-0.25, -0.2) is 4.57 Å². The van der Waals surface area contributed by atoms with Crippen LogP contribution in [0.1, 0.15) is 20.3 Å². The molecule has 0 aliphatic rings. The summed E-state index contributed by atoms with van der Waals surface area (Å²) in [5, 5.41) is 8.47.